The molecule has 1 aliphatic carbocycles. The van der Waals surface area contributed by atoms with Gasteiger partial charge in [0.15, 0.2) is 0 Å². The van der Waals surface area contributed by atoms with Crippen molar-refractivity contribution in [3.05, 3.63) is 89.5 Å². The Morgan fingerprint density at radius 3 is 2.27 bits per heavy atom. The van der Waals surface area contributed by atoms with Gasteiger partial charge in [0.05, 0.1) is 11.1 Å². The van der Waals surface area contributed by atoms with Gasteiger partial charge in [-0.2, -0.15) is 13.2 Å². The zero-order valence-electron chi connectivity index (χ0n) is 14.2. The molecule has 2 aromatic rings. The van der Waals surface area contributed by atoms with E-state index in [9.17, 15) is 18.0 Å². The summed E-state index contributed by atoms with van der Waals surface area (Å²) in [5, 5.41) is 2.98. The van der Waals surface area contributed by atoms with Gasteiger partial charge < -0.3 is 5.32 Å². The summed E-state index contributed by atoms with van der Waals surface area (Å²) in [7, 11) is 0. The van der Waals surface area contributed by atoms with Gasteiger partial charge in [-0.25, -0.2) is 0 Å². The lowest BCUT2D eigenvalue weighted by molar-refractivity contribution is -0.137. The van der Waals surface area contributed by atoms with E-state index < -0.39 is 17.3 Å². The van der Waals surface area contributed by atoms with Gasteiger partial charge in [-0.3, -0.25) is 4.79 Å². The first kappa shape index (κ1) is 18.0. The maximum atomic E-state index is 12.9. The first-order valence-electron chi connectivity index (χ1n) is 8.22. The molecular weight excluding hydrogens is 339 g/mol. The predicted octanol–water partition coefficient (Wildman–Crippen LogP) is 5.08. The molecule has 3 rings (SSSR count). The Morgan fingerprint density at radius 2 is 1.69 bits per heavy atom. The molecule has 0 spiro atoms. The highest BCUT2D eigenvalue weighted by Gasteiger charge is 2.39. The number of alkyl halides is 3. The van der Waals surface area contributed by atoms with Crippen LogP contribution < -0.4 is 5.32 Å². The molecule has 1 atom stereocenters. The first-order chi connectivity index (χ1) is 12.3. The number of amides is 1. The number of carbonyl (C=O) groups is 1. The van der Waals surface area contributed by atoms with Crippen molar-refractivity contribution < 1.29 is 18.0 Å². The fourth-order valence-corrected chi connectivity index (χ4v) is 3.33. The van der Waals surface area contributed by atoms with E-state index in [1.807, 2.05) is 48.6 Å². The quantitative estimate of drug-likeness (QED) is 0.815. The third kappa shape index (κ3) is 3.43. The van der Waals surface area contributed by atoms with E-state index in [1.165, 1.54) is 19.1 Å². The minimum Gasteiger partial charge on any atom is -0.342 e. The molecule has 1 N–H and O–H groups in total. The number of carbonyl (C=O) groups excluding carboxylic acids is 1. The predicted molar refractivity (Wildman–Crippen MR) is 95.1 cm³/mol. The van der Waals surface area contributed by atoms with Crippen LogP contribution in [0, 0.1) is 0 Å². The molecule has 0 saturated carbocycles. The summed E-state index contributed by atoms with van der Waals surface area (Å²) in [6, 6.07) is 14.5. The zero-order valence-corrected chi connectivity index (χ0v) is 14.2. The summed E-state index contributed by atoms with van der Waals surface area (Å²) in [6.07, 6.45) is 1.75. The van der Waals surface area contributed by atoms with Crippen LogP contribution in [0.15, 0.2) is 72.8 Å². The Labute approximate surface area is 150 Å². The molecule has 2 nitrogen and oxygen atoms in total. The van der Waals surface area contributed by atoms with Crippen molar-refractivity contribution in [3.63, 3.8) is 0 Å². The normalized spacial score (nSPS) is 19.8. The van der Waals surface area contributed by atoms with Crippen LogP contribution in [0.5, 0.6) is 0 Å². The number of hydrogen-bond donors (Lipinski definition) is 1. The van der Waals surface area contributed by atoms with E-state index in [-0.39, 0.29) is 5.91 Å². The minimum atomic E-state index is -4.40. The van der Waals surface area contributed by atoms with Crippen LogP contribution in [0.4, 0.5) is 13.2 Å². The smallest absolute Gasteiger partial charge is 0.342 e. The highest BCUT2D eigenvalue weighted by molar-refractivity contribution is 5.84. The Hall–Kier alpha value is -2.82. The molecule has 0 bridgehead atoms. The summed E-state index contributed by atoms with van der Waals surface area (Å²) < 4.78 is 38.8. The van der Waals surface area contributed by atoms with Crippen LogP contribution in [0.3, 0.4) is 0 Å². The molecule has 0 saturated heterocycles. The number of nitrogens with one attached hydrogen (secondary N) is 1. The van der Waals surface area contributed by atoms with Crippen LogP contribution in [-0.4, -0.2) is 5.91 Å². The molecule has 0 radical (unpaired) electrons. The zero-order chi connectivity index (χ0) is 18.8. The Morgan fingerprint density at radius 1 is 1.04 bits per heavy atom. The second kappa shape index (κ2) is 6.83. The van der Waals surface area contributed by atoms with Gasteiger partial charge in [-0.1, -0.05) is 60.7 Å². The standard InChI is InChI=1S/C21H18F3NO/c1-15(26)25-20(17-10-12-18(13-11-17)21(22,23)24)14-6-5-9-19(20)16-7-3-2-4-8-16/h2-13H,14H2,1H3,(H,25,26). The van der Waals surface area contributed by atoms with Gasteiger partial charge in [0, 0.05) is 6.92 Å². The Kier molecular flexibility index (Phi) is 4.72. The van der Waals surface area contributed by atoms with Gasteiger partial charge in [0.1, 0.15) is 0 Å². The largest absolute Gasteiger partial charge is 0.416 e. The molecule has 0 heterocycles. The summed E-state index contributed by atoms with van der Waals surface area (Å²) in [5.41, 5.74) is 0.739. The van der Waals surface area contributed by atoms with Crippen LogP contribution in [-0.2, 0) is 16.5 Å². The molecule has 134 valence electrons. The molecule has 0 fully saturated rings. The molecule has 26 heavy (non-hydrogen) atoms. The van der Waals surface area contributed by atoms with Crippen LogP contribution >= 0.6 is 0 Å². The van der Waals surface area contributed by atoms with Gasteiger partial charge in [-0.05, 0) is 35.3 Å². The molecule has 5 heteroatoms. The molecule has 2 aromatic carbocycles. The Balaban J connectivity index is 2.13. The molecular formula is C21H18F3NO. The molecule has 0 aromatic heterocycles. The van der Waals surface area contributed by atoms with Crippen molar-refractivity contribution in [1.82, 2.24) is 5.32 Å². The van der Waals surface area contributed by atoms with Crippen LogP contribution in [0.25, 0.3) is 5.57 Å². The molecule has 1 aliphatic rings. The number of benzene rings is 2. The van der Waals surface area contributed by atoms with Crippen molar-refractivity contribution in [3.8, 4) is 0 Å². The lowest BCUT2D eigenvalue weighted by Crippen LogP contribution is -2.46. The van der Waals surface area contributed by atoms with E-state index >= 15 is 0 Å². The number of allylic oxidation sites excluding steroid dienone is 2. The van der Waals surface area contributed by atoms with E-state index in [0.29, 0.717) is 12.0 Å². The summed E-state index contributed by atoms with van der Waals surface area (Å²) in [6.45, 7) is 1.41. The molecule has 1 amide bonds. The third-order valence-electron chi connectivity index (χ3n) is 4.46. The summed E-state index contributed by atoms with van der Waals surface area (Å²) in [5.74, 6) is -0.248. The van der Waals surface area contributed by atoms with Crippen LogP contribution in [0.2, 0.25) is 0 Å². The maximum Gasteiger partial charge on any atom is 0.416 e. The van der Waals surface area contributed by atoms with E-state index in [1.54, 1.807) is 0 Å². The second-order valence-electron chi connectivity index (χ2n) is 6.24. The van der Waals surface area contributed by atoms with Crippen molar-refractivity contribution in [2.45, 2.75) is 25.1 Å². The number of halogens is 3. The highest BCUT2D eigenvalue weighted by atomic mass is 19.4. The highest BCUT2D eigenvalue weighted by Crippen LogP contribution is 2.42. The third-order valence-corrected chi connectivity index (χ3v) is 4.46. The fourth-order valence-electron chi connectivity index (χ4n) is 3.33. The average molecular weight is 357 g/mol. The lowest BCUT2D eigenvalue weighted by atomic mass is 9.74. The van der Waals surface area contributed by atoms with Crippen molar-refractivity contribution >= 4 is 11.5 Å². The average Bonchev–Trinajstić information content (AvgIpc) is 2.62. The second-order valence-corrected chi connectivity index (χ2v) is 6.24. The van der Waals surface area contributed by atoms with Gasteiger partial charge in [-0.15, -0.1) is 0 Å². The number of rotatable bonds is 3. The summed E-state index contributed by atoms with van der Waals surface area (Å²) >= 11 is 0. The van der Waals surface area contributed by atoms with Crippen LogP contribution in [0.1, 0.15) is 30.0 Å². The molecule has 1 unspecified atom stereocenters. The first-order valence-corrected chi connectivity index (χ1v) is 8.22. The monoisotopic (exact) mass is 357 g/mol. The molecule has 0 aliphatic heterocycles. The summed E-state index contributed by atoms with van der Waals surface area (Å²) in [4.78, 5) is 12.0. The van der Waals surface area contributed by atoms with Gasteiger partial charge in [0.2, 0.25) is 5.91 Å². The van der Waals surface area contributed by atoms with E-state index in [0.717, 1.165) is 23.3 Å². The van der Waals surface area contributed by atoms with Crippen molar-refractivity contribution in [2.75, 3.05) is 0 Å². The fraction of sp³-hybridized carbons (Fsp3) is 0.190. The minimum absolute atomic E-state index is 0.248. The van der Waals surface area contributed by atoms with E-state index in [4.69, 9.17) is 0 Å². The maximum absolute atomic E-state index is 12.9. The van der Waals surface area contributed by atoms with E-state index in [2.05, 4.69) is 5.32 Å². The SMILES string of the molecule is CC(=O)NC1(c2ccc(C(F)(F)F)cc2)CC=CC=C1c1ccccc1. The lowest BCUT2D eigenvalue weighted by Gasteiger charge is -2.39. The topological polar surface area (TPSA) is 29.1 Å². The van der Waals surface area contributed by atoms with Gasteiger partial charge in [0.25, 0.3) is 0 Å². The van der Waals surface area contributed by atoms with Crippen molar-refractivity contribution in [1.29, 1.82) is 0 Å². The van der Waals surface area contributed by atoms with Crippen molar-refractivity contribution in [2.24, 2.45) is 0 Å². The van der Waals surface area contributed by atoms with Gasteiger partial charge >= 0.3 is 6.18 Å². The number of hydrogen-bond acceptors (Lipinski definition) is 1. The Bertz CT molecular complexity index is 851.